The second-order valence-electron chi connectivity index (χ2n) is 12.4. The Morgan fingerprint density at radius 3 is 2.43 bits per heavy atom. The van der Waals surface area contributed by atoms with Gasteiger partial charge < -0.3 is 30.1 Å². The number of fused-ring (bicyclic) bond motifs is 1. The summed E-state index contributed by atoms with van der Waals surface area (Å²) in [5, 5.41) is 6.56. The van der Waals surface area contributed by atoms with Crippen LogP contribution in [-0.4, -0.2) is 78.1 Å². The van der Waals surface area contributed by atoms with E-state index in [2.05, 4.69) is 25.4 Å². The molecule has 2 saturated carbocycles. The Kier molecular flexibility index (Phi) is 8.51. The minimum absolute atomic E-state index is 0.0595. The number of nitrogens with zero attached hydrogens (tertiary/aromatic N) is 5. The van der Waals surface area contributed by atoms with Crippen molar-refractivity contribution >= 4 is 35.0 Å². The number of carbonyl (C=O) groups excluding carboxylic acids is 2. The van der Waals surface area contributed by atoms with Crippen LogP contribution < -0.4 is 25.2 Å². The van der Waals surface area contributed by atoms with E-state index in [-0.39, 0.29) is 23.9 Å². The smallest absolute Gasteiger partial charge is 0.251 e. The number of anilines is 4. The number of aromatic nitrogens is 2. The number of nitrogens with one attached hydrogen (secondary N) is 2. The van der Waals surface area contributed by atoms with Crippen molar-refractivity contribution in [2.45, 2.75) is 102 Å². The van der Waals surface area contributed by atoms with E-state index in [0.29, 0.717) is 35.0 Å². The lowest BCUT2D eigenvalue weighted by molar-refractivity contribution is -0.119. The zero-order valence-electron chi connectivity index (χ0n) is 25.3. The molecule has 6 rings (SSSR count). The number of rotatable bonds is 7. The largest absolute Gasteiger partial charge is 0.495 e. The molecule has 10 heteroatoms. The molecule has 1 saturated heterocycles. The van der Waals surface area contributed by atoms with E-state index in [1.165, 1.54) is 45.2 Å². The molecule has 2 aromatic rings. The van der Waals surface area contributed by atoms with Gasteiger partial charge in [-0.05, 0) is 89.6 Å². The van der Waals surface area contributed by atoms with E-state index in [1.807, 2.05) is 19.1 Å². The van der Waals surface area contributed by atoms with Crippen LogP contribution in [0.5, 0.6) is 5.75 Å². The van der Waals surface area contributed by atoms with Gasteiger partial charge in [-0.1, -0.05) is 19.3 Å². The molecule has 226 valence electrons. The molecule has 0 bridgehead atoms. The maximum atomic E-state index is 13.2. The third-order valence-corrected chi connectivity index (χ3v) is 9.83. The molecule has 2 aliphatic carbocycles. The number of amides is 2. The van der Waals surface area contributed by atoms with Crippen molar-refractivity contribution in [3.63, 3.8) is 0 Å². The van der Waals surface area contributed by atoms with Crippen molar-refractivity contribution in [2.75, 3.05) is 42.4 Å². The Labute approximate surface area is 249 Å². The predicted octanol–water partition coefficient (Wildman–Crippen LogP) is 4.87. The summed E-state index contributed by atoms with van der Waals surface area (Å²) in [7, 11) is 3.38. The summed E-state index contributed by atoms with van der Waals surface area (Å²) < 4.78 is 5.68. The first-order chi connectivity index (χ1) is 20.4. The van der Waals surface area contributed by atoms with Gasteiger partial charge in [0, 0.05) is 30.7 Å². The Morgan fingerprint density at radius 2 is 1.71 bits per heavy atom. The first kappa shape index (κ1) is 28.7. The van der Waals surface area contributed by atoms with Crippen LogP contribution in [0.3, 0.4) is 0 Å². The summed E-state index contributed by atoms with van der Waals surface area (Å²) in [5.74, 6) is 1.74. The van der Waals surface area contributed by atoms with Crippen LogP contribution >= 0.6 is 0 Å². The summed E-state index contributed by atoms with van der Waals surface area (Å²) in [4.78, 5) is 42.1. The predicted molar refractivity (Wildman–Crippen MR) is 165 cm³/mol. The molecule has 3 heterocycles. The van der Waals surface area contributed by atoms with E-state index in [0.717, 1.165) is 50.0 Å². The van der Waals surface area contributed by atoms with E-state index >= 15 is 0 Å². The minimum atomic E-state index is -0.277. The van der Waals surface area contributed by atoms with Crippen LogP contribution in [0.1, 0.15) is 87.9 Å². The summed E-state index contributed by atoms with van der Waals surface area (Å²) in [6.07, 6.45) is 14.5. The normalized spacial score (nSPS) is 25.3. The molecule has 1 aromatic heterocycles. The van der Waals surface area contributed by atoms with Crippen LogP contribution in [0, 0.1) is 0 Å². The first-order valence-electron chi connectivity index (χ1n) is 15.9. The maximum Gasteiger partial charge on any atom is 0.251 e. The van der Waals surface area contributed by atoms with E-state index in [4.69, 9.17) is 9.72 Å². The highest BCUT2D eigenvalue weighted by Gasteiger charge is 2.39. The molecule has 1 aromatic carbocycles. The zero-order valence-corrected chi connectivity index (χ0v) is 25.3. The molecule has 4 aliphatic rings. The van der Waals surface area contributed by atoms with Crippen molar-refractivity contribution in [2.24, 2.45) is 0 Å². The fraction of sp³-hybridized carbons (Fsp3) is 0.625. The monoisotopic (exact) mass is 575 g/mol. The van der Waals surface area contributed by atoms with Crippen molar-refractivity contribution in [3.05, 3.63) is 30.0 Å². The average molecular weight is 576 g/mol. The average Bonchev–Trinajstić information content (AvgIpc) is 3.55. The van der Waals surface area contributed by atoms with Gasteiger partial charge in [0.05, 0.1) is 19.0 Å². The first-order valence-corrected chi connectivity index (χ1v) is 15.9. The molecule has 0 spiro atoms. The lowest BCUT2D eigenvalue weighted by Crippen LogP contribution is -2.54. The quantitative estimate of drug-likeness (QED) is 0.482. The standard InChI is InChI=1S/C32H45N7O3/c1-21-31(41)37(2)27-20-33-32(36-29(27)39(21)25-9-5-6-10-25)35-26-16-11-22(19-28(26)42-3)30(40)34-23-12-14-24(15-13-23)38-17-7-4-8-18-38/h11,16,19-21,23-25H,4-10,12-15,17-18H2,1-3H3,(H,34,40)(H,33,35,36)/t21-,23?,24?/m1/s1. The molecule has 2 amide bonds. The van der Waals surface area contributed by atoms with Crippen LogP contribution in [0.15, 0.2) is 24.4 Å². The molecule has 3 fully saturated rings. The number of methoxy groups -OCH3 is 1. The van der Waals surface area contributed by atoms with E-state index in [9.17, 15) is 9.59 Å². The van der Waals surface area contributed by atoms with Crippen molar-refractivity contribution in [1.29, 1.82) is 0 Å². The van der Waals surface area contributed by atoms with Crippen molar-refractivity contribution in [1.82, 2.24) is 20.2 Å². The van der Waals surface area contributed by atoms with E-state index in [1.54, 1.807) is 31.3 Å². The SMILES string of the molecule is COc1cc(C(=O)NC2CCC(N3CCCCC3)CC2)ccc1Nc1ncc2c(n1)N(C1CCCC1)[C@H](C)C(=O)N2C. The number of likely N-dealkylation sites (tertiary alicyclic amines) is 1. The Bertz CT molecular complexity index is 1280. The summed E-state index contributed by atoms with van der Waals surface area (Å²) in [5.41, 5.74) is 1.97. The molecule has 42 heavy (non-hydrogen) atoms. The molecule has 0 radical (unpaired) electrons. The summed E-state index contributed by atoms with van der Waals surface area (Å²) in [6, 6.07) is 6.33. The van der Waals surface area contributed by atoms with Gasteiger partial charge in [-0.25, -0.2) is 4.98 Å². The maximum absolute atomic E-state index is 13.2. The highest BCUT2D eigenvalue weighted by Crippen LogP contribution is 2.39. The lowest BCUT2D eigenvalue weighted by atomic mass is 9.89. The molecule has 0 unspecified atom stereocenters. The minimum Gasteiger partial charge on any atom is -0.495 e. The third kappa shape index (κ3) is 5.78. The van der Waals surface area contributed by atoms with Crippen LogP contribution in [0.2, 0.25) is 0 Å². The molecular formula is C32H45N7O3. The number of benzene rings is 1. The molecule has 1 atom stereocenters. The van der Waals surface area contributed by atoms with Crippen molar-refractivity contribution < 1.29 is 14.3 Å². The van der Waals surface area contributed by atoms with Crippen LogP contribution in [-0.2, 0) is 4.79 Å². The number of piperidine rings is 1. The molecule has 10 nitrogen and oxygen atoms in total. The highest BCUT2D eigenvalue weighted by atomic mass is 16.5. The second kappa shape index (κ2) is 12.5. The second-order valence-corrected chi connectivity index (χ2v) is 12.4. The van der Waals surface area contributed by atoms with E-state index < -0.39 is 0 Å². The summed E-state index contributed by atoms with van der Waals surface area (Å²) >= 11 is 0. The number of likely N-dealkylation sites (N-methyl/N-ethyl adjacent to an activating group) is 1. The van der Waals surface area contributed by atoms with Gasteiger partial charge in [-0.15, -0.1) is 0 Å². The van der Waals surface area contributed by atoms with Gasteiger partial charge in [0.15, 0.2) is 5.82 Å². The fourth-order valence-electron chi connectivity index (χ4n) is 7.42. The molecular weight excluding hydrogens is 530 g/mol. The Morgan fingerprint density at radius 1 is 0.976 bits per heavy atom. The number of carbonyl (C=O) groups is 2. The highest BCUT2D eigenvalue weighted by molar-refractivity contribution is 6.04. The lowest BCUT2D eigenvalue weighted by Gasteiger charge is -2.42. The Hall–Kier alpha value is -3.40. The van der Waals surface area contributed by atoms with Gasteiger partial charge >= 0.3 is 0 Å². The molecule has 2 aliphatic heterocycles. The summed E-state index contributed by atoms with van der Waals surface area (Å²) in [6.45, 7) is 4.42. The Balaban J connectivity index is 1.13. The number of hydrogen-bond acceptors (Lipinski definition) is 8. The topological polar surface area (TPSA) is 103 Å². The number of ether oxygens (including phenoxy) is 1. The number of hydrogen-bond donors (Lipinski definition) is 2. The van der Waals surface area contributed by atoms with Crippen LogP contribution in [0.25, 0.3) is 0 Å². The van der Waals surface area contributed by atoms with Gasteiger partial charge in [0.2, 0.25) is 11.9 Å². The van der Waals surface area contributed by atoms with Gasteiger partial charge in [-0.3, -0.25) is 9.59 Å². The van der Waals surface area contributed by atoms with Gasteiger partial charge in [0.25, 0.3) is 5.91 Å². The fourth-order valence-corrected chi connectivity index (χ4v) is 7.42. The molecule has 2 N–H and O–H groups in total. The zero-order chi connectivity index (χ0) is 29.2. The van der Waals surface area contributed by atoms with Gasteiger partial charge in [-0.2, -0.15) is 4.98 Å². The van der Waals surface area contributed by atoms with Crippen LogP contribution in [0.4, 0.5) is 23.1 Å². The third-order valence-electron chi connectivity index (χ3n) is 9.83. The van der Waals surface area contributed by atoms with Gasteiger partial charge in [0.1, 0.15) is 17.5 Å². The van der Waals surface area contributed by atoms with Crippen molar-refractivity contribution in [3.8, 4) is 5.75 Å².